The largest absolute Gasteiger partial charge is 0.361 e. The zero-order valence-corrected chi connectivity index (χ0v) is 7.70. The fourth-order valence-corrected chi connectivity index (χ4v) is 0.958. The molecule has 0 aliphatic rings. The summed E-state index contributed by atoms with van der Waals surface area (Å²) in [4.78, 5) is 9.90. The molecule has 70 valence electrons. The van der Waals surface area contributed by atoms with Gasteiger partial charge in [-0.3, -0.25) is 10.1 Å². The van der Waals surface area contributed by atoms with Crippen LogP contribution in [0.2, 0.25) is 0 Å². The minimum absolute atomic E-state index is 0.0781. The van der Waals surface area contributed by atoms with Crippen LogP contribution in [-0.2, 0) is 0 Å². The Morgan fingerprint density at radius 3 is 2.62 bits per heavy atom. The molecule has 0 radical (unpaired) electrons. The standard InChI is InChI=1S/C8H10N2O3/c1-5(10(11)12)4-8-6(2)9-13-7(8)3/h4H,1-3H3. The molecule has 0 atom stereocenters. The number of aryl methyl sites for hydroxylation is 2. The molecule has 5 nitrogen and oxygen atoms in total. The van der Waals surface area contributed by atoms with Gasteiger partial charge in [-0.1, -0.05) is 5.16 Å². The first kappa shape index (κ1) is 9.44. The molecule has 1 aromatic rings. The van der Waals surface area contributed by atoms with Gasteiger partial charge in [0.25, 0.3) is 0 Å². The van der Waals surface area contributed by atoms with Gasteiger partial charge in [-0.05, 0) is 13.8 Å². The smallest absolute Gasteiger partial charge is 0.243 e. The highest BCUT2D eigenvalue weighted by molar-refractivity contribution is 5.54. The first-order valence-electron chi connectivity index (χ1n) is 3.78. The molecule has 0 bridgehead atoms. The molecule has 0 N–H and O–H groups in total. The van der Waals surface area contributed by atoms with Crippen LogP contribution in [0.3, 0.4) is 0 Å². The van der Waals surface area contributed by atoms with E-state index in [4.69, 9.17) is 4.52 Å². The van der Waals surface area contributed by atoms with Crippen LogP contribution in [0.25, 0.3) is 6.08 Å². The van der Waals surface area contributed by atoms with Gasteiger partial charge >= 0.3 is 0 Å². The molecule has 0 fully saturated rings. The number of nitro groups is 1. The quantitative estimate of drug-likeness (QED) is 0.517. The van der Waals surface area contributed by atoms with E-state index in [1.165, 1.54) is 13.0 Å². The average Bonchev–Trinajstić information content (AvgIpc) is 2.35. The van der Waals surface area contributed by atoms with E-state index in [9.17, 15) is 10.1 Å². The van der Waals surface area contributed by atoms with Crippen LogP contribution < -0.4 is 0 Å². The van der Waals surface area contributed by atoms with E-state index in [0.717, 1.165) is 0 Å². The van der Waals surface area contributed by atoms with Gasteiger partial charge in [-0.15, -0.1) is 0 Å². The fourth-order valence-electron chi connectivity index (χ4n) is 0.958. The lowest BCUT2D eigenvalue weighted by molar-refractivity contribution is -0.422. The molecule has 0 saturated heterocycles. The summed E-state index contributed by atoms with van der Waals surface area (Å²) in [5.74, 6) is 0.596. The second kappa shape index (κ2) is 3.38. The van der Waals surface area contributed by atoms with Gasteiger partial charge in [0.1, 0.15) is 5.76 Å². The van der Waals surface area contributed by atoms with Crippen LogP contribution in [0.5, 0.6) is 0 Å². The lowest BCUT2D eigenvalue weighted by Crippen LogP contribution is -1.93. The predicted octanol–water partition coefficient (Wildman–Crippen LogP) is 1.93. The Kier molecular flexibility index (Phi) is 2.46. The summed E-state index contributed by atoms with van der Waals surface area (Å²) >= 11 is 0. The van der Waals surface area contributed by atoms with Crippen LogP contribution in [0.1, 0.15) is 23.9 Å². The van der Waals surface area contributed by atoms with Crippen molar-refractivity contribution in [2.45, 2.75) is 20.8 Å². The second-order valence-electron chi connectivity index (χ2n) is 2.78. The van der Waals surface area contributed by atoms with Gasteiger partial charge in [-0.25, -0.2) is 0 Å². The highest BCUT2D eigenvalue weighted by atomic mass is 16.6. The Bertz CT molecular complexity index is 346. The number of aromatic nitrogens is 1. The molecule has 0 aliphatic carbocycles. The molecule has 1 aromatic heterocycles. The summed E-state index contributed by atoms with van der Waals surface area (Å²) in [5, 5.41) is 14.0. The Balaban J connectivity index is 3.10. The highest BCUT2D eigenvalue weighted by Crippen LogP contribution is 2.16. The van der Waals surface area contributed by atoms with Crippen molar-refractivity contribution in [3.63, 3.8) is 0 Å². The van der Waals surface area contributed by atoms with Crippen LogP contribution in [0.15, 0.2) is 10.2 Å². The summed E-state index contributed by atoms with van der Waals surface area (Å²) in [7, 11) is 0. The maximum Gasteiger partial charge on any atom is 0.243 e. The van der Waals surface area contributed by atoms with Crippen molar-refractivity contribution in [3.05, 3.63) is 32.8 Å². The van der Waals surface area contributed by atoms with Crippen molar-refractivity contribution in [1.29, 1.82) is 0 Å². The van der Waals surface area contributed by atoms with Gasteiger partial charge < -0.3 is 4.52 Å². The first-order chi connectivity index (χ1) is 6.02. The topological polar surface area (TPSA) is 69.2 Å². The Hall–Kier alpha value is -1.65. The minimum Gasteiger partial charge on any atom is -0.361 e. The van der Waals surface area contributed by atoms with Crippen LogP contribution in [0, 0.1) is 24.0 Å². The van der Waals surface area contributed by atoms with Gasteiger partial charge in [0.05, 0.1) is 10.6 Å². The van der Waals surface area contributed by atoms with Crippen LogP contribution >= 0.6 is 0 Å². The Labute approximate surface area is 75.2 Å². The SMILES string of the molecule is CC(=Cc1c(C)noc1C)[N+](=O)[O-]. The van der Waals surface area contributed by atoms with Gasteiger partial charge in [0.15, 0.2) is 0 Å². The van der Waals surface area contributed by atoms with Crippen molar-refractivity contribution in [2.75, 3.05) is 0 Å². The molecule has 13 heavy (non-hydrogen) atoms. The summed E-state index contributed by atoms with van der Waals surface area (Å²) in [6.45, 7) is 4.90. The van der Waals surface area contributed by atoms with E-state index in [-0.39, 0.29) is 5.70 Å². The molecule has 1 heterocycles. The van der Waals surface area contributed by atoms with E-state index in [2.05, 4.69) is 5.16 Å². The zero-order valence-electron chi connectivity index (χ0n) is 7.70. The summed E-state index contributed by atoms with van der Waals surface area (Å²) in [5.41, 5.74) is 1.43. The second-order valence-corrected chi connectivity index (χ2v) is 2.78. The first-order valence-corrected chi connectivity index (χ1v) is 3.78. The van der Waals surface area contributed by atoms with E-state index < -0.39 is 4.92 Å². The van der Waals surface area contributed by atoms with Gasteiger partial charge in [0.2, 0.25) is 5.70 Å². The molecule has 1 rings (SSSR count). The molecule has 5 heteroatoms. The van der Waals surface area contributed by atoms with E-state index in [1.807, 2.05) is 0 Å². The number of nitrogens with zero attached hydrogens (tertiary/aromatic N) is 2. The van der Waals surface area contributed by atoms with Gasteiger partial charge in [0, 0.05) is 18.6 Å². The molecule has 0 unspecified atom stereocenters. The molecule has 0 saturated carbocycles. The lowest BCUT2D eigenvalue weighted by Gasteiger charge is -1.90. The summed E-state index contributed by atoms with van der Waals surface area (Å²) in [6.07, 6.45) is 1.46. The molecule has 0 amide bonds. The fraction of sp³-hybridized carbons (Fsp3) is 0.375. The summed E-state index contributed by atoms with van der Waals surface area (Å²) in [6, 6.07) is 0. The monoisotopic (exact) mass is 182 g/mol. The maximum atomic E-state index is 10.3. The molecule has 0 aliphatic heterocycles. The number of hydrogen-bond donors (Lipinski definition) is 0. The Morgan fingerprint density at radius 1 is 1.62 bits per heavy atom. The van der Waals surface area contributed by atoms with E-state index in [0.29, 0.717) is 17.0 Å². The molecular formula is C8H10N2O3. The van der Waals surface area contributed by atoms with Crippen molar-refractivity contribution < 1.29 is 9.45 Å². The molecule has 0 spiro atoms. The van der Waals surface area contributed by atoms with Crippen molar-refractivity contribution in [3.8, 4) is 0 Å². The third-order valence-electron chi connectivity index (χ3n) is 1.73. The zero-order chi connectivity index (χ0) is 10.0. The van der Waals surface area contributed by atoms with Gasteiger partial charge in [-0.2, -0.15) is 0 Å². The third kappa shape index (κ3) is 1.93. The highest BCUT2D eigenvalue weighted by Gasteiger charge is 2.10. The Morgan fingerprint density at radius 2 is 2.23 bits per heavy atom. The van der Waals surface area contributed by atoms with E-state index in [1.54, 1.807) is 13.8 Å². The normalized spacial score (nSPS) is 11.8. The molecule has 0 aromatic carbocycles. The van der Waals surface area contributed by atoms with Crippen molar-refractivity contribution in [1.82, 2.24) is 5.16 Å². The van der Waals surface area contributed by atoms with E-state index >= 15 is 0 Å². The minimum atomic E-state index is -0.439. The van der Waals surface area contributed by atoms with Crippen molar-refractivity contribution in [2.24, 2.45) is 0 Å². The lowest BCUT2D eigenvalue weighted by atomic mass is 10.2. The maximum absolute atomic E-state index is 10.3. The number of hydrogen-bond acceptors (Lipinski definition) is 4. The average molecular weight is 182 g/mol. The predicted molar refractivity (Wildman–Crippen MR) is 46.6 cm³/mol. The third-order valence-corrected chi connectivity index (χ3v) is 1.73. The summed E-state index contributed by atoms with van der Waals surface area (Å²) < 4.78 is 4.86. The van der Waals surface area contributed by atoms with Crippen molar-refractivity contribution >= 4 is 6.08 Å². The van der Waals surface area contributed by atoms with Crippen LogP contribution in [0.4, 0.5) is 0 Å². The number of rotatable bonds is 2. The number of allylic oxidation sites excluding steroid dienone is 1. The van der Waals surface area contributed by atoms with Crippen LogP contribution in [-0.4, -0.2) is 10.1 Å². The molecular weight excluding hydrogens is 172 g/mol.